The molecule has 10 aromatic rings. The topological polar surface area (TPSA) is 6.48 Å². The molecular formula is C61H46N2. The van der Waals surface area contributed by atoms with Crippen molar-refractivity contribution in [1.29, 1.82) is 0 Å². The molecule has 0 saturated heterocycles. The van der Waals surface area contributed by atoms with E-state index in [4.69, 9.17) is 0 Å². The second kappa shape index (κ2) is 15.8. The van der Waals surface area contributed by atoms with Crippen LogP contribution in [0.25, 0.3) is 55.3 Å². The molecule has 0 unspecified atom stereocenters. The van der Waals surface area contributed by atoms with Gasteiger partial charge in [0.25, 0.3) is 0 Å². The van der Waals surface area contributed by atoms with Gasteiger partial charge in [-0.2, -0.15) is 0 Å². The molecule has 0 N–H and O–H groups in total. The van der Waals surface area contributed by atoms with E-state index < -0.39 is 0 Å². The van der Waals surface area contributed by atoms with Crippen LogP contribution >= 0.6 is 0 Å². The van der Waals surface area contributed by atoms with E-state index in [-0.39, 0.29) is 5.41 Å². The van der Waals surface area contributed by atoms with Crippen LogP contribution < -0.4 is 9.80 Å². The largest absolute Gasteiger partial charge is 0.310 e. The van der Waals surface area contributed by atoms with Gasteiger partial charge in [0, 0.05) is 39.3 Å². The van der Waals surface area contributed by atoms with Gasteiger partial charge in [-0.25, -0.2) is 0 Å². The maximum atomic E-state index is 2.42. The third kappa shape index (κ3) is 6.87. The number of benzene rings is 10. The predicted octanol–water partition coefficient (Wildman–Crippen LogP) is 17.1. The second-order valence-corrected chi connectivity index (χ2v) is 17.0. The average molecular weight is 807 g/mol. The number of rotatable bonds is 9. The summed E-state index contributed by atoms with van der Waals surface area (Å²) in [7, 11) is 0. The number of hydrogen-bond donors (Lipinski definition) is 0. The molecule has 0 amide bonds. The van der Waals surface area contributed by atoms with Crippen molar-refractivity contribution in [2.75, 3.05) is 9.80 Å². The Morgan fingerprint density at radius 3 is 1.32 bits per heavy atom. The van der Waals surface area contributed by atoms with E-state index in [9.17, 15) is 0 Å². The van der Waals surface area contributed by atoms with Crippen molar-refractivity contribution in [1.82, 2.24) is 0 Å². The molecule has 0 bridgehead atoms. The third-order valence-electron chi connectivity index (χ3n) is 12.9. The molecule has 1 aliphatic carbocycles. The normalized spacial score (nSPS) is 12.4. The van der Waals surface area contributed by atoms with Crippen LogP contribution in [0.15, 0.2) is 243 Å². The zero-order valence-electron chi connectivity index (χ0n) is 35.5. The molecule has 0 atom stereocenters. The first-order chi connectivity index (χ1) is 31.0. The fourth-order valence-electron chi connectivity index (χ4n) is 9.67. The van der Waals surface area contributed by atoms with E-state index in [1.54, 1.807) is 0 Å². The van der Waals surface area contributed by atoms with Gasteiger partial charge in [0.2, 0.25) is 0 Å². The van der Waals surface area contributed by atoms with Crippen LogP contribution in [0.5, 0.6) is 0 Å². The van der Waals surface area contributed by atoms with E-state index in [1.165, 1.54) is 49.7 Å². The van der Waals surface area contributed by atoms with Gasteiger partial charge in [-0.3, -0.25) is 0 Å². The molecule has 63 heavy (non-hydrogen) atoms. The minimum absolute atomic E-state index is 0.104. The SMILES string of the molecule is CC1(C)c2ccccc2-c2ccc(N(c3ccccc3)c3ccccc3-c3ccc(-c4ccccc4N(c4ccccc4)c4ccc(-c5ccc6ccccc6c5)cc4)cc3)cc21. The summed E-state index contributed by atoms with van der Waals surface area (Å²) >= 11 is 0. The number of hydrogen-bond acceptors (Lipinski definition) is 2. The highest BCUT2D eigenvalue weighted by Crippen LogP contribution is 2.51. The highest BCUT2D eigenvalue weighted by molar-refractivity contribution is 5.93. The van der Waals surface area contributed by atoms with Gasteiger partial charge >= 0.3 is 0 Å². The van der Waals surface area contributed by atoms with Crippen molar-refractivity contribution >= 4 is 44.9 Å². The first kappa shape index (κ1) is 38.0. The molecule has 1 aliphatic rings. The van der Waals surface area contributed by atoms with Crippen molar-refractivity contribution in [2.24, 2.45) is 0 Å². The van der Waals surface area contributed by atoms with Crippen LogP contribution in [-0.4, -0.2) is 0 Å². The molecule has 0 spiro atoms. The summed E-state index contributed by atoms with van der Waals surface area (Å²) in [4.78, 5) is 4.79. The lowest BCUT2D eigenvalue weighted by molar-refractivity contribution is 0.660. The van der Waals surface area contributed by atoms with Crippen molar-refractivity contribution in [3.63, 3.8) is 0 Å². The quantitative estimate of drug-likeness (QED) is 0.143. The van der Waals surface area contributed by atoms with E-state index in [0.29, 0.717) is 0 Å². The van der Waals surface area contributed by atoms with Crippen LogP contribution in [0.3, 0.4) is 0 Å². The minimum atomic E-state index is -0.104. The lowest BCUT2D eigenvalue weighted by Crippen LogP contribution is -2.16. The van der Waals surface area contributed by atoms with Gasteiger partial charge in [0.1, 0.15) is 0 Å². The highest BCUT2D eigenvalue weighted by Gasteiger charge is 2.36. The first-order valence-electron chi connectivity index (χ1n) is 21.8. The van der Waals surface area contributed by atoms with Crippen molar-refractivity contribution in [3.8, 4) is 44.5 Å². The summed E-state index contributed by atoms with van der Waals surface area (Å²) in [6.45, 7) is 4.70. The van der Waals surface area contributed by atoms with Crippen molar-refractivity contribution in [3.05, 3.63) is 254 Å². The van der Waals surface area contributed by atoms with Crippen LogP contribution in [-0.2, 0) is 5.41 Å². The van der Waals surface area contributed by atoms with E-state index in [0.717, 1.165) is 50.8 Å². The fourth-order valence-corrected chi connectivity index (χ4v) is 9.67. The molecule has 0 saturated carbocycles. The molecule has 0 aromatic heterocycles. The van der Waals surface area contributed by atoms with Gasteiger partial charge in [0.05, 0.1) is 11.4 Å². The summed E-state index contributed by atoms with van der Waals surface area (Å²) < 4.78 is 0. The van der Waals surface area contributed by atoms with Gasteiger partial charge < -0.3 is 9.80 Å². The van der Waals surface area contributed by atoms with E-state index in [2.05, 4.69) is 266 Å². The Bertz CT molecular complexity index is 3240. The van der Waals surface area contributed by atoms with Gasteiger partial charge in [0.15, 0.2) is 0 Å². The molecule has 0 heterocycles. The molecule has 0 radical (unpaired) electrons. The summed E-state index contributed by atoms with van der Waals surface area (Å²) in [6.07, 6.45) is 0. The standard InChI is InChI=1S/C61H46N2/c1-61(2)57-26-14-11-25-55(57)56-40-39-52(42-58(56)61)63(50-21-7-4-8-22-50)60-28-16-13-24-54(60)46-32-30-45(31-33-46)53-23-12-15-27-59(53)62(49-19-5-3-6-20-49)51-37-35-44(36-38-51)48-34-29-43-17-9-10-18-47(43)41-48/h3-42H,1-2H3. The number of anilines is 6. The van der Waals surface area contributed by atoms with Gasteiger partial charge in [-0.15, -0.1) is 0 Å². The molecule has 0 fully saturated rings. The van der Waals surface area contributed by atoms with Crippen molar-refractivity contribution < 1.29 is 0 Å². The third-order valence-corrected chi connectivity index (χ3v) is 12.9. The Morgan fingerprint density at radius 1 is 0.270 bits per heavy atom. The zero-order chi connectivity index (χ0) is 42.3. The Hall–Kier alpha value is -7.94. The van der Waals surface area contributed by atoms with Gasteiger partial charge in [-0.05, 0) is 122 Å². The van der Waals surface area contributed by atoms with Crippen LogP contribution in [0, 0.1) is 0 Å². The van der Waals surface area contributed by atoms with E-state index >= 15 is 0 Å². The fraction of sp³-hybridized carbons (Fsp3) is 0.0492. The molecule has 2 nitrogen and oxygen atoms in total. The Balaban J connectivity index is 0.963. The van der Waals surface area contributed by atoms with E-state index in [1.807, 2.05) is 0 Å². The number of fused-ring (bicyclic) bond motifs is 4. The maximum absolute atomic E-state index is 2.42. The zero-order valence-corrected chi connectivity index (χ0v) is 35.5. The van der Waals surface area contributed by atoms with Crippen LogP contribution in [0.1, 0.15) is 25.0 Å². The highest BCUT2D eigenvalue weighted by atomic mass is 15.1. The average Bonchev–Trinajstić information content (AvgIpc) is 3.58. The summed E-state index contributed by atoms with van der Waals surface area (Å²) in [5.41, 5.74) is 19.0. The molecule has 10 aromatic carbocycles. The molecule has 11 rings (SSSR count). The summed E-state index contributed by atoms with van der Waals surface area (Å²) in [6, 6.07) is 88.2. The number of para-hydroxylation sites is 4. The molecule has 300 valence electrons. The van der Waals surface area contributed by atoms with Crippen molar-refractivity contribution in [2.45, 2.75) is 19.3 Å². The Kier molecular flexibility index (Phi) is 9.55. The lowest BCUT2D eigenvalue weighted by Gasteiger charge is -2.30. The summed E-state index contributed by atoms with van der Waals surface area (Å²) in [5, 5.41) is 2.50. The monoisotopic (exact) mass is 806 g/mol. The summed E-state index contributed by atoms with van der Waals surface area (Å²) in [5.74, 6) is 0. The Morgan fingerprint density at radius 2 is 0.698 bits per heavy atom. The minimum Gasteiger partial charge on any atom is -0.310 e. The first-order valence-corrected chi connectivity index (χ1v) is 21.8. The maximum Gasteiger partial charge on any atom is 0.0540 e. The predicted molar refractivity (Wildman–Crippen MR) is 267 cm³/mol. The number of nitrogens with zero attached hydrogens (tertiary/aromatic N) is 2. The molecule has 2 heteroatoms. The lowest BCUT2D eigenvalue weighted by atomic mass is 9.82. The Labute approximate surface area is 370 Å². The second-order valence-electron chi connectivity index (χ2n) is 17.0. The van der Waals surface area contributed by atoms with Crippen LogP contribution in [0.4, 0.5) is 34.1 Å². The molecule has 0 aliphatic heterocycles. The van der Waals surface area contributed by atoms with Crippen LogP contribution in [0.2, 0.25) is 0 Å². The molecular weight excluding hydrogens is 761 g/mol. The van der Waals surface area contributed by atoms with Gasteiger partial charge in [-0.1, -0.05) is 190 Å². The smallest absolute Gasteiger partial charge is 0.0540 e.